The van der Waals surface area contributed by atoms with Crippen molar-refractivity contribution in [3.63, 3.8) is 0 Å². The topological polar surface area (TPSA) is 12.0 Å². The number of rotatable bonds is 3. The Morgan fingerprint density at radius 3 is 2.00 bits per heavy atom. The standard InChI is InChI=1S/C19H23N.ClH/c1-13-8-14(2)19(15(3)9-13)12-20-18-10-16-6-4-5-7-17(16)11-18;/h4-9,18,20H,10-12H2,1-3H3;1H. The Kier molecular flexibility index (Phi) is 5.08. The van der Waals surface area contributed by atoms with Crippen molar-refractivity contribution in [1.82, 2.24) is 5.32 Å². The highest BCUT2D eigenvalue weighted by Crippen LogP contribution is 2.23. The maximum atomic E-state index is 3.75. The summed E-state index contributed by atoms with van der Waals surface area (Å²) in [6.45, 7) is 7.60. The van der Waals surface area contributed by atoms with Gasteiger partial charge in [-0.05, 0) is 61.4 Å². The molecular weight excluding hydrogens is 278 g/mol. The van der Waals surface area contributed by atoms with Crippen LogP contribution >= 0.6 is 12.4 Å². The number of hydrogen-bond donors (Lipinski definition) is 1. The lowest BCUT2D eigenvalue weighted by Crippen LogP contribution is -2.29. The van der Waals surface area contributed by atoms with Crippen LogP contribution in [0.25, 0.3) is 0 Å². The van der Waals surface area contributed by atoms with Crippen LogP contribution in [0, 0.1) is 20.8 Å². The average molecular weight is 302 g/mol. The molecule has 2 heteroatoms. The molecule has 0 spiro atoms. The highest BCUT2D eigenvalue weighted by atomic mass is 35.5. The smallest absolute Gasteiger partial charge is 0.0213 e. The summed E-state index contributed by atoms with van der Waals surface area (Å²) < 4.78 is 0. The maximum Gasteiger partial charge on any atom is 0.0213 e. The molecule has 0 saturated carbocycles. The first-order chi connectivity index (χ1) is 9.63. The van der Waals surface area contributed by atoms with Crippen molar-refractivity contribution in [2.24, 2.45) is 0 Å². The number of fused-ring (bicyclic) bond motifs is 1. The van der Waals surface area contributed by atoms with Crippen molar-refractivity contribution < 1.29 is 0 Å². The molecule has 0 aromatic heterocycles. The van der Waals surface area contributed by atoms with E-state index in [1.165, 1.54) is 46.2 Å². The first-order valence-corrected chi connectivity index (χ1v) is 7.50. The Hall–Kier alpha value is -1.31. The number of hydrogen-bond acceptors (Lipinski definition) is 1. The van der Waals surface area contributed by atoms with E-state index in [1.807, 2.05) is 0 Å². The van der Waals surface area contributed by atoms with Crippen LogP contribution in [-0.4, -0.2) is 6.04 Å². The highest BCUT2D eigenvalue weighted by molar-refractivity contribution is 5.85. The van der Waals surface area contributed by atoms with Gasteiger partial charge in [0.05, 0.1) is 0 Å². The fraction of sp³-hybridized carbons (Fsp3) is 0.368. The molecule has 2 aromatic carbocycles. The molecule has 0 bridgehead atoms. The van der Waals surface area contributed by atoms with E-state index in [0.717, 1.165) is 6.54 Å². The van der Waals surface area contributed by atoms with E-state index in [1.54, 1.807) is 0 Å². The number of benzene rings is 2. The average Bonchev–Trinajstić information content (AvgIpc) is 2.80. The molecule has 0 unspecified atom stereocenters. The van der Waals surface area contributed by atoms with Gasteiger partial charge in [-0.15, -0.1) is 12.4 Å². The predicted octanol–water partition coefficient (Wildman–Crippen LogP) is 4.29. The van der Waals surface area contributed by atoms with Gasteiger partial charge in [-0.25, -0.2) is 0 Å². The van der Waals surface area contributed by atoms with Crippen molar-refractivity contribution in [3.8, 4) is 0 Å². The van der Waals surface area contributed by atoms with Crippen LogP contribution in [0.2, 0.25) is 0 Å². The Labute approximate surface area is 134 Å². The summed E-state index contributed by atoms with van der Waals surface area (Å²) in [5, 5.41) is 3.75. The van der Waals surface area contributed by atoms with Gasteiger partial charge in [0.25, 0.3) is 0 Å². The van der Waals surface area contributed by atoms with Crippen LogP contribution in [0.4, 0.5) is 0 Å². The van der Waals surface area contributed by atoms with E-state index in [2.05, 4.69) is 62.5 Å². The Bertz CT molecular complexity index is 585. The molecule has 0 radical (unpaired) electrons. The van der Waals surface area contributed by atoms with Crippen LogP contribution in [0.1, 0.15) is 33.4 Å². The van der Waals surface area contributed by atoms with Crippen molar-refractivity contribution in [2.45, 2.75) is 46.2 Å². The Morgan fingerprint density at radius 1 is 0.952 bits per heavy atom. The van der Waals surface area contributed by atoms with Crippen LogP contribution < -0.4 is 5.32 Å². The molecule has 0 heterocycles. The Balaban J connectivity index is 0.00000161. The summed E-state index contributed by atoms with van der Waals surface area (Å²) in [7, 11) is 0. The molecule has 1 aliphatic carbocycles. The molecule has 1 N–H and O–H groups in total. The molecule has 0 atom stereocenters. The van der Waals surface area contributed by atoms with Crippen molar-refractivity contribution >= 4 is 12.4 Å². The third-order valence-corrected chi connectivity index (χ3v) is 4.46. The van der Waals surface area contributed by atoms with Crippen molar-refractivity contribution in [1.29, 1.82) is 0 Å². The molecular formula is C19H24ClN. The van der Waals surface area contributed by atoms with Gasteiger partial charge in [0.15, 0.2) is 0 Å². The molecule has 0 aliphatic heterocycles. The molecule has 1 aliphatic rings. The summed E-state index contributed by atoms with van der Waals surface area (Å²) in [5.74, 6) is 0. The summed E-state index contributed by atoms with van der Waals surface area (Å²) in [4.78, 5) is 0. The van der Waals surface area contributed by atoms with E-state index >= 15 is 0 Å². The normalized spacial score (nSPS) is 13.9. The molecule has 0 fully saturated rings. The van der Waals surface area contributed by atoms with Crippen molar-refractivity contribution in [3.05, 3.63) is 69.8 Å². The second kappa shape index (κ2) is 6.64. The van der Waals surface area contributed by atoms with Gasteiger partial charge >= 0.3 is 0 Å². The lowest BCUT2D eigenvalue weighted by molar-refractivity contribution is 0.531. The summed E-state index contributed by atoms with van der Waals surface area (Å²) in [5.41, 5.74) is 8.67. The monoisotopic (exact) mass is 301 g/mol. The van der Waals surface area contributed by atoms with Crippen LogP contribution in [-0.2, 0) is 19.4 Å². The molecule has 21 heavy (non-hydrogen) atoms. The highest BCUT2D eigenvalue weighted by Gasteiger charge is 2.20. The molecule has 2 aromatic rings. The minimum absolute atomic E-state index is 0. The molecule has 112 valence electrons. The minimum Gasteiger partial charge on any atom is -0.309 e. The van der Waals surface area contributed by atoms with E-state index in [-0.39, 0.29) is 12.4 Å². The summed E-state index contributed by atoms with van der Waals surface area (Å²) in [6.07, 6.45) is 2.33. The number of aryl methyl sites for hydroxylation is 3. The minimum atomic E-state index is 0. The van der Waals surface area contributed by atoms with Crippen LogP contribution in [0.15, 0.2) is 36.4 Å². The van der Waals surface area contributed by atoms with Crippen LogP contribution in [0.3, 0.4) is 0 Å². The largest absolute Gasteiger partial charge is 0.309 e. The van der Waals surface area contributed by atoms with Gasteiger partial charge in [-0.3, -0.25) is 0 Å². The van der Waals surface area contributed by atoms with Gasteiger partial charge in [0.1, 0.15) is 0 Å². The van der Waals surface area contributed by atoms with E-state index in [4.69, 9.17) is 0 Å². The third-order valence-electron chi connectivity index (χ3n) is 4.46. The van der Waals surface area contributed by atoms with Gasteiger partial charge in [-0.2, -0.15) is 0 Å². The fourth-order valence-electron chi connectivity index (χ4n) is 3.44. The van der Waals surface area contributed by atoms with E-state index < -0.39 is 0 Å². The first kappa shape index (κ1) is 16.1. The van der Waals surface area contributed by atoms with E-state index in [0.29, 0.717) is 6.04 Å². The zero-order valence-electron chi connectivity index (χ0n) is 13.1. The quantitative estimate of drug-likeness (QED) is 0.892. The lowest BCUT2D eigenvalue weighted by atomic mass is 9.99. The third kappa shape index (κ3) is 3.48. The van der Waals surface area contributed by atoms with Gasteiger partial charge in [-0.1, -0.05) is 42.0 Å². The number of halogens is 1. The molecule has 3 rings (SSSR count). The van der Waals surface area contributed by atoms with Crippen molar-refractivity contribution in [2.75, 3.05) is 0 Å². The second-order valence-corrected chi connectivity index (χ2v) is 6.13. The van der Waals surface area contributed by atoms with Gasteiger partial charge in [0, 0.05) is 12.6 Å². The summed E-state index contributed by atoms with van der Waals surface area (Å²) >= 11 is 0. The van der Waals surface area contributed by atoms with E-state index in [9.17, 15) is 0 Å². The molecule has 0 amide bonds. The first-order valence-electron chi connectivity index (χ1n) is 7.50. The predicted molar refractivity (Wildman–Crippen MR) is 92.4 cm³/mol. The lowest BCUT2D eigenvalue weighted by Gasteiger charge is -2.16. The number of nitrogens with one attached hydrogen (secondary N) is 1. The Morgan fingerprint density at radius 2 is 1.48 bits per heavy atom. The molecule has 0 saturated heterocycles. The zero-order chi connectivity index (χ0) is 14.1. The maximum absolute atomic E-state index is 3.75. The van der Waals surface area contributed by atoms with Gasteiger partial charge < -0.3 is 5.32 Å². The van der Waals surface area contributed by atoms with Crippen LogP contribution in [0.5, 0.6) is 0 Å². The summed E-state index contributed by atoms with van der Waals surface area (Å²) in [6, 6.07) is 14.0. The molecule has 1 nitrogen and oxygen atoms in total. The second-order valence-electron chi connectivity index (χ2n) is 6.13. The zero-order valence-corrected chi connectivity index (χ0v) is 13.9. The fourth-order valence-corrected chi connectivity index (χ4v) is 3.44. The SMILES string of the molecule is Cc1cc(C)c(CNC2Cc3ccccc3C2)c(C)c1.Cl. The van der Waals surface area contributed by atoms with Gasteiger partial charge in [0.2, 0.25) is 0 Å².